The quantitative estimate of drug-likeness (QED) is 0.927. The summed E-state index contributed by atoms with van der Waals surface area (Å²) < 4.78 is 16.9. The van der Waals surface area contributed by atoms with Gasteiger partial charge in [-0.3, -0.25) is 0 Å². The number of hydrogen-bond acceptors (Lipinski definition) is 4. The van der Waals surface area contributed by atoms with Crippen molar-refractivity contribution >= 4 is 0 Å². The Hall–Kier alpha value is -1.26. The molecule has 1 saturated carbocycles. The van der Waals surface area contributed by atoms with Gasteiger partial charge < -0.3 is 19.9 Å². The lowest BCUT2D eigenvalue weighted by molar-refractivity contribution is 0.164. The molecule has 21 heavy (non-hydrogen) atoms. The topological polar surface area (TPSA) is 53.7 Å². The molecule has 4 heteroatoms. The average Bonchev–Trinajstić information content (AvgIpc) is 2.55. The highest BCUT2D eigenvalue weighted by molar-refractivity contribution is 5.51. The number of nitrogens with two attached hydrogens (primary N) is 1. The number of methoxy groups -OCH3 is 1. The Morgan fingerprint density at radius 2 is 1.76 bits per heavy atom. The third-order valence-corrected chi connectivity index (χ3v) is 4.84. The zero-order valence-corrected chi connectivity index (χ0v) is 12.8. The molecule has 116 valence electrons. The summed E-state index contributed by atoms with van der Waals surface area (Å²) in [4.78, 5) is 0. The molecule has 1 aliphatic carbocycles. The van der Waals surface area contributed by atoms with Crippen LogP contribution in [-0.4, -0.2) is 26.9 Å². The minimum atomic E-state index is 0.0714. The van der Waals surface area contributed by atoms with Crippen molar-refractivity contribution in [1.82, 2.24) is 0 Å². The van der Waals surface area contributed by atoms with E-state index >= 15 is 0 Å². The Balaban J connectivity index is 2.05. The highest BCUT2D eigenvalue weighted by Gasteiger charge is 2.35. The summed E-state index contributed by atoms with van der Waals surface area (Å²) in [6, 6.07) is 4.24. The molecule has 2 N–H and O–H groups in total. The van der Waals surface area contributed by atoms with E-state index in [0.717, 1.165) is 24.3 Å². The van der Waals surface area contributed by atoms with Crippen molar-refractivity contribution in [3.05, 3.63) is 23.3 Å². The monoisotopic (exact) mass is 291 g/mol. The molecule has 0 bridgehead atoms. The number of benzene rings is 1. The normalized spacial score (nSPS) is 20.3. The molecule has 0 saturated heterocycles. The van der Waals surface area contributed by atoms with E-state index in [1.54, 1.807) is 7.11 Å². The van der Waals surface area contributed by atoms with Gasteiger partial charge in [-0.05, 0) is 36.1 Å². The zero-order chi connectivity index (χ0) is 14.7. The third-order valence-electron chi connectivity index (χ3n) is 4.84. The molecule has 0 aromatic heterocycles. The van der Waals surface area contributed by atoms with Gasteiger partial charge in [0, 0.05) is 19.1 Å². The van der Waals surface area contributed by atoms with Crippen molar-refractivity contribution in [3.63, 3.8) is 0 Å². The Morgan fingerprint density at radius 3 is 2.38 bits per heavy atom. The number of rotatable bonds is 4. The fourth-order valence-electron chi connectivity index (χ4n) is 3.71. The van der Waals surface area contributed by atoms with Crippen LogP contribution in [0.15, 0.2) is 12.1 Å². The predicted molar refractivity (Wildman–Crippen MR) is 82.0 cm³/mol. The predicted octanol–water partition coefficient (Wildman–Crippen LogP) is 2.76. The minimum absolute atomic E-state index is 0.0714. The summed E-state index contributed by atoms with van der Waals surface area (Å²) in [6.45, 7) is 2.50. The van der Waals surface area contributed by atoms with Gasteiger partial charge in [-0.25, -0.2) is 0 Å². The smallest absolute Gasteiger partial charge is 0.161 e. The van der Waals surface area contributed by atoms with Gasteiger partial charge in [0.05, 0.1) is 6.61 Å². The molecule has 1 fully saturated rings. The molecule has 0 atom stereocenters. The fourth-order valence-corrected chi connectivity index (χ4v) is 3.71. The van der Waals surface area contributed by atoms with Crippen molar-refractivity contribution in [3.8, 4) is 11.5 Å². The molecular formula is C17H25NO3. The van der Waals surface area contributed by atoms with Gasteiger partial charge in [-0.2, -0.15) is 0 Å². The first kappa shape index (κ1) is 14.7. The highest BCUT2D eigenvalue weighted by atomic mass is 16.6. The van der Waals surface area contributed by atoms with E-state index in [4.69, 9.17) is 19.9 Å². The van der Waals surface area contributed by atoms with E-state index in [-0.39, 0.29) is 5.41 Å². The highest BCUT2D eigenvalue weighted by Crippen LogP contribution is 2.44. The third kappa shape index (κ3) is 2.74. The molecule has 4 nitrogen and oxygen atoms in total. The van der Waals surface area contributed by atoms with Gasteiger partial charge in [-0.1, -0.05) is 19.3 Å². The van der Waals surface area contributed by atoms with Gasteiger partial charge in [0.15, 0.2) is 11.5 Å². The van der Waals surface area contributed by atoms with Crippen molar-refractivity contribution in [2.24, 2.45) is 5.73 Å². The number of hydrogen-bond donors (Lipinski definition) is 1. The van der Waals surface area contributed by atoms with Crippen LogP contribution in [0.2, 0.25) is 0 Å². The van der Waals surface area contributed by atoms with Crippen LogP contribution in [0.25, 0.3) is 0 Å². The molecule has 1 aromatic rings. The molecule has 0 radical (unpaired) electrons. The Morgan fingerprint density at radius 1 is 1.10 bits per heavy atom. The maximum atomic E-state index is 6.20. The van der Waals surface area contributed by atoms with E-state index in [2.05, 4.69) is 12.1 Å². The van der Waals surface area contributed by atoms with Crippen LogP contribution in [0.5, 0.6) is 11.5 Å². The largest absolute Gasteiger partial charge is 0.486 e. The minimum Gasteiger partial charge on any atom is -0.486 e. The molecular weight excluding hydrogens is 266 g/mol. The average molecular weight is 291 g/mol. The SMILES string of the molecule is COCc1cc2c(cc1C1(CN)CCCCC1)OCCO2. The standard InChI is InChI=1S/C17H25NO3/c1-19-11-13-9-15-16(21-8-7-20-15)10-14(13)17(12-18)5-3-2-4-6-17/h9-10H,2-8,11-12,18H2,1H3. The second-order valence-electron chi connectivity index (χ2n) is 6.13. The van der Waals surface area contributed by atoms with Crippen LogP contribution in [0, 0.1) is 0 Å². The number of ether oxygens (including phenoxy) is 3. The van der Waals surface area contributed by atoms with Crippen molar-refractivity contribution < 1.29 is 14.2 Å². The molecule has 0 unspecified atom stereocenters. The first-order valence-electron chi connectivity index (χ1n) is 7.91. The first-order valence-corrected chi connectivity index (χ1v) is 7.91. The van der Waals surface area contributed by atoms with Crippen LogP contribution >= 0.6 is 0 Å². The Labute approximate surface area is 126 Å². The van der Waals surface area contributed by atoms with E-state index in [1.807, 2.05) is 0 Å². The zero-order valence-electron chi connectivity index (χ0n) is 12.8. The molecule has 1 aromatic carbocycles. The lowest BCUT2D eigenvalue weighted by atomic mass is 9.68. The molecule has 1 heterocycles. The van der Waals surface area contributed by atoms with Gasteiger partial charge in [0.2, 0.25) is 0 Å². The van der Waals surface area contributed by atoms with Crippen molar-refractivity contribution in [2.75, 3.05) is 26.9 Å². The van der Waals surface area contributed by atoms with Gasteiger partial charge in [0.1, 0.15) is 13.2 Å². The number of fused-ring (bicyclic) bond motifs is 1. The summed E-state index contributed by atoms with van der Waals surface area (Å²) in [5.41, 5.74) is 8.76. The maximum absolute atomic E-state index is 6.20. The van der Waals surface area contributed by atoms with E-state index < -0.39 is 0 Å². The van der Waals surface area contributed by atoms with Crippen LogP contribution < -0.4 is 15.2 Å². The summed E-state index contributed by atoms with van der Waals surface area (Å²) >= 11 is 0. The van der Waals surface area contributed by atoms with Crippen LogP contribution in [0.3, 0.4) is 0 Å². The fraction of sp³-hybridized carbons (Fsp3) is 0.647. The lowest BCUT2D eigenvalue weighted by Gasteiger charge is -2.39. The molecule has 0 spiro atoms. The summed E-state index contributed by atoms with van der Waals surface area (Å²) in [6.07, 6.45) is 6.11. The van der Waals surface area contributed by atoms with Gasteiger partial charge in [0.25, 0.3) is 0 Å². The molecule has 3 rings (SSSR count). The Kier molecular flexibility index (Phi) is 4.36. The van der Waals surface area contributed by atoms with E-state index in [1.165, 1.54) is 30.4 Å². The summed E-state index contributed by atoms with van der Waals surface area (Å²) in [5.74, 6) is 1.69. The van der Waals surface area contributed by atoms with Crippen LogP contribution in [0.4, 0.5) is 0 Å². The second kappa shape index (κ2) is 6.24. The van der Waals surface area contributed by atoms with E-state index in [9.17, 15) is 0 Å². The Bertz CT molecular complexity index is 495. The summed E-state index contributed by atoms with van der Waals surface area (Å²) in [5, 5.41) is 0. The first-order chi connectivity index (χ1) is 10.3. The van der Waals surface area contributed by atoms with Crippen molar-refractivity contribution in [2.45, 2.75) is 44.1 Å². The maximum Gasteiger partial charge on any atom is 0.161 e. The van der Waals surface area contributed by atoms with Gasteiger partial charge in [-0.15, -0.1) is 0 Å². The molecule has 1 aliphatic heterocycles. The van der Waals surface area contributed by atoms with Crippen LogP contribution in [0.1, 0.15) is 43.2 Å². The van der Waals surface area contributed by atoms with Gasteiger partial charge >= 0.3 is 0 Å². The molecule has 0 amide bonds. The summed E-state index contributed by atoms with van der Waals surface area (Å²) in [7, 11) is 1.73. The van der Waals surface area contributed by atoms with Crippen molar-refractivity contribution in [1.29, 1.82) is 0 Å². The molecule has 2 aliphatic rings. The lowest BCUT2D eigenvalue weighted by Crippen LogP contribution is -2.38. The second-order valence-corrected chi connectivity index (χ2v) is 6.13. The van der Waals surface area contributed by atoms with Crippen LogP contribution in [-0.2, 0) is 16.8 Å². The van der Waals surface area contributed by atoms with E-state index in [0.29, 0.717) is 26.4 Å².